The lowest BCUT2D eigenvalue weighted by atomic mass is 9.98. The maximum Gasteiger partial charge on any atom is 0.408 e. The first kappa shape index (κ1) is 28.7. The van der Waals surface area contributed by atoms with Crippen molar-refractivity contribution in [2.45, 2.75) is 72.2 Å². The van der Waals surface area contributed by atoms with Gasteiger partial charge in [-0.25, -0.2) is 4.79 Å². The summed E-state index contributed by atoms with van der Waals surface area (Å²) in [5.74, 6) is -1.23. The van der Waals surface area contributed by atoms with Crippen LogP contribution in [0.1, 0.15) is 65.1 Å². The summed E-state index contributed by atoms with van der Waals surface area (Å²) in [6.07, 6.45) is -0.141. The monoisotopic (exact) mass is 497 g/mol. The number of carbonyl (C=O) groups excluding carboxylic acids is 3. The van der Waals surface area contributed by atoms with E-state index >= 15 is 0 Å². The van der Waals surface area contributed by atoms with Gasteiger partial charge >= 0.3 is 6.09 Å². The van der Waals surface area contributed by atoms with Gasteiger partial charge in [0, 0.05) is 18.7 Å². The Balaban J connectivity index is 2.42. The second-order valence-corrected chi connectivity index (χ2v) is 10.1. The van der Waals surface area contributed by atoms with Crippen molar-refractivity contribution in [2.24, 2.45) is 5.92 Å². The third kappa shape index (κ3) is 8.29. The number of carbonyl (C=O) groups is 3. The van der Waals surface area contributed by atoms with E-state index in [-0.39, 0.29) is 24.8 Å². The highest BCUT2D eigenvalue weighted by Crippen LogP contribution is 2.30. The van der Waals surface area contributed by atoms with Crippen LogP contribution >= 0.6 is 0 Å². The van der Waals surface area contributed by atoms with E-state index in [4.69, 9.17) is 4.74 Å². The molecule has 0 aromatic heterocycles. The van der Waals surface area contributed by atoms with Gasteiger partial charge in [-0.1, -0.05) is 69.3 Å². The molecule has 2 atom stereocenters. The molecule has 196 valence electrons. The highest BCUT2D eigenvalue weighted by atomic mass is 16.6. The summed E-state index contributed by atoms with van der Waals surface area (Å²) < 4.78 is 5.37. The molecule has 0 saturated carbocycles. The molecule has 0 aliphatic rings. The Hall–Kier alpha value is -3.55. The number of phenolic OH excluding ortho intramolecular Hbond substituents is 1. The second-order valence-electron chi connectivity index (χ2n) is 10.1. The van der Waals surface area contributed by atoms with E-state index in [0.29, 0.717) is 12.0 Å². The van der Waals surface area contributed by atoms with Crippen LogP contribution in [0, 0.1) is 5.92 Å². The average Bonchev–Trinajstić information content (AvgIpc) is 2.81. The number of hydrogen-bond acceptors (Lipinski definition) is 5. The van der Waals surface area contributed by atoms with Crippen molar-refractivity contribution in [3.63, 3.8) is 0 Å². The lowest BCUT2D eigenvalue weighted by Crippen LogP contribution is -2.55. The first-order valence-electron chi connectivity index (χ1n) is 12.3. The Kier molecular flexibility index (Phi) is 10.3. The van der Waals surface area contributed by atoms with Gasteiger partial charge in [0.25, 0.3) is 0 Å². The highest BCUT2D eigenvalue weighted by Gasteiger charge is 2.38. The molecule has 0 saturated heterocycles. The van der Waals surface area contributed by atoms with Gasteiger partial charge in [0.1, 0.15) is 23.4 Å². The lowest BCUT2D eigenvalue weighted by molar-refractivity contribution is -0.143. The molecule has 8 heteroatoms. The van der Waals surface area contributed by atoms with Gasteiger partial charge in [-0.05, 0) is 44.7 Å². The van der Waals surface area contributed by atoms with Gasteiger partial charge in [-0.2, -0.15) is 0 Å². The van der Waals surface area contributed by atoms with Crippen molar-refractivity contribution in [3.05, 3.63) is 65.7 Å². The number of rotatable bonds is 10. The lowest BCUT2D eigenvalue weighted by Gasteiger charge is -2.35. The SMILES string of the molecule is CCCN(C(=O)C(NC(=O)OC(C)(C)C)C(C)C)C(C(=O)NCc1ccccc1)c1ccccc1O. The molecular formula is C28H39N3O5. The summed E-state index contributed by atoms with van der Waals surface area (Å²) in [6, 6.07) is 13.9. The number of amides is 3. The number of benzene rings is 2. The first-order chi connectivity index (χ1) is 16.9. The van der Waals surface area contributed by atoms with Crippen molar-refractivity contribution < 1.29 is 24.2 Å². The van der Waals surface area contributed by atoms with Crippen molar-refractivity contribution in [1.82, 2.24) is 15.5 Å². The van der Waals surface area contributed by atoms with Crippen LogP contribution in [0.3, 0.4) is 0 Å². The number of ether oxygens (including phenoxy) is 1. The fraction of sp³-hybridized carbons (Fsp3) is 0.464. The number of nitrogens with one attached hydrogen (secondary N) is 2. The van der Waals surface area contributed by atoms with Gasteiger partial charge in [-0.3, -0.25) is 9.59 Å². The second kappa shape index (κ2) is 13.0. The first-order valence-corrected chi connectivity index (χ1v) is 12.3. The molecule has 0 bridgehead atoms. The fourth-order valence-corrected chi connectivity index (χ4v) is 3.79. The molecule has 0 spiro atoms. The molecule has 0 radical (unpaired) electrons. The van der Waals surface area contributed by atoms with Gasteiger partial charge in [0.2, 0.25) is 11.8 Å². The maximum absolute atomic E-state index is 13.9. The standard InChI is InChI=1S/C28H39N3O5/c1-7-17-31(26(34)23(19(2)3)30-27(35)36-28(4,5)6)24(21-15-11-12-16-22(21)32)25(33)29-18-20-13-9-8-10-14-20/h8-16,19,23-24,32H,7,17-18H2,1-6H3,(H,29,33)(H,30,35). The van der Waals surface area contributed by atoms with Crippen LogP contribution in [0.25, 0.3) is 0 Å². The topological polar surface area (TPSA) is 108 Å². The zero-order valence-electron chi connectivity index (χ0n) is 22.1. The van der Waals surface area contributed by atoms with Crippen LogP contribution in [0.15, 0.2) is 54.6 Å². The van der Waals surface area contributed by atoms with Crippen molar-refractivity contribution in [3.8, 4) is 5.75 Å². The molecule has 0 aliphatic carbocycles. The molecule has 2 aromatic carbocycles. The predicted octanol–water partition coefficient (Wildman–Crippen LogP) is 4.54. The quantitative estimate of drug-likeness (QED) is 0.447. The van der Waals surface area contributed by atoms with E-state index in [9.17, 15) is 19.5 Å². The van der Waals surface area contributed by atoms with Gasteiger partial charge in [0.15, 0.2) is 0 Å². The number of para-hydroxylation sites is 1. The highest BCUT2D eigenvalue weighted by molar-refractivity contribution is 5.92. The van der Waals surface area contributed by atoms with E-state index in [2.05, 4.69) is 10.6 Å². The Morgan fingerprint density at radius 1 is 1.00 bits per heavy atom. The number of aromatic hydroxyl groups is 1. The molecule has 2 aromatic rings. The summed E-state index contributed by atoms with van der Waals surface area (Å²) in [4.78, 5) is 41.4. The van der Waals surface area contributed by atoms with E-state index in [0.717, 1.165) is 5.56 Å². The van der Waals surface area contributed by atoms with Gasteiger partial charge in [-0.15, -0.1) is 0 Å². The molecule has 8 nitrogen and oxygen atoms in total. The van der Waals surface area contributed by atoms with E-state index in [1.807, 2.05) is 51.1 Å². The minimum absolute atomic E-state index is 0.0903. The molecule has 3 N–H and O–H groups in total. The number of hydrogen-bond donors (Lipinski definition) is 3. The van der Waals surface area contributed by atoms with Gasteiger partial charge in [0.05, 0.1) is 0 Å². The Labute approximate surface area is 214 Å². The number of nitrogens with zero attached hydrogens (tertiary/aromatic N) is 1. The Morgan fingerprint density at radius 2 is 1.61 bits per heavy atom. The van der Waals surface area contributed by atoms with Crippen LogP contribution in [0.4, 0.5) is 4.79 Å². The number of alkyl carbamates (subject to hydrolysis) is 1. The molecule has 0 aliphatic heterocycles. The molecule has 36 heavy (non-hydrogen) atoms. The minimum Gasteiger partial charge on any atom is -0.508 e. The largest absolute Gasteiger partial charge is 0.508 e. The van der Waals surface area contributed by atoms with Crippen molar-refractivity contribution >= 4 is 17.9 Å². The maximum atomic E-state index is 13.9. The van der Waals surface area contributed by atoms with E-state index in [1.54, 1.807) is 39.0 Å². The Bertz CT molecular complexity index is 1020. The molecule has 2 rings (SSSR count). The predicted molar refractivity (Wildman–Crippen MR) is 139 cm³/mol. The van der Waals surface area contributed by atoms with Crippen LogP contribution < -0.4 is 10.6 Å². The van der Waals surface area contributed by atoms with Crippen LogP contribution in [0.2, 0.25) is 0 Å². The third-order valence-electron chi connectivity index (χ3n) is 5.45. The molecule has 0 heterocycles. The summed E-state index contributed by atoms with van der Waals surface area (Å²) in [6.45, 7) is 11.3. The summed E-state index contributed by atoms with van der Waals surface area (Å²) in [7, 11) is 0. The van der Waals surface area contributed by atoms with Gasteiger partial charge < -0.3 is 25.4 Å². The molecule has 3 amide bonds. The van der Waals surface area contributed by atoms with Crippen molar-refractivity contribution in [1.29, 1.82) is 0 Å². The average molecular weight is 498 g/mol. The molecule has 2 unspecified atom stereocenters. The summed E-state index contributed by atoms with van der Waals surface area (Å²) in [5.41, 5.74) is 0.486. The van der Waals surface area contributed by atoms with Crippen molar-refractivity contribution in [2.75, 3.05) is 6.54 Å². The summed E-state index contributed by atoms with van der Waals surface area (Å²) >= 11 is 0. The van der Waals surface area contributed by atoms with Crippen LogP contribution in [-0.4, -0.2) is 46.1 Å². The summed E-state index contributed by atoms with van der Waals surface area (Å²) in [5, 5.41) is 16.2. The van der Waals surface area contributed by atoms with Crippen LogP contribution in [-0.2, 0) is 20.9 Å². The van der Waals surface area contributed by atoms with E-state index in [1.165, 1.54) is 11.0 Å². The third-order valence-corrected chi connectivity index (χ3v) is 5.45. The van der Waals surface area contributed by atoms with Crippen LogP contribution in [0.5, 0.6) is 5.75 Å². The minimum atomic E-state index is -1.09. The zero-order valence-corrected chi connectivity index (χ0v) is 22.1. The smallest absolute Gasteiger partial charge is 0.408 e. The molecule has 0 fully saturated rings. The normalized spacial score (nSPS) is 13.0. The molecular weight excluding hydrogens is 458 g/mol. The fourth-order valence-electron chi connectivity index (χ4n) is 3.79. The zero-order chi connectivity index (χ0) is 26.9. The number of phenols is 1. The Morgan fingerprint density at radius 3 is 2.17 bits per heavy atom. The van der Waals surface area contributed by atoms with E-state index < -0.39 is 35.6 Å².